The van der Waals surface area contributed by atoms with Crippen molar-refractivity contribution in [2.24, 2.45) is 5.92 Å². The van der Waals surface area contributed by atoms with E-state index in [1.165, 1.54) is 0 Å². The number of rotatable bonds is 1. The summed E-state index contributed by atoms with van der Waals surface area (Å²) in [4.78, 5) is 12.9. The molecule has 0 bridgehead atoms. The fourth-order valence-electron chi connectivity index (χ4n) is 1.53. The van der Waals surface area contributed by atoms with Crippen molar-refractivity contribution in [2.45, 2.75) is 19.0 Å². The van der Waals surface area contributed by atoms with E-state index in [2.05, 4.69) is 0 Å². The number of halogens is 3. The number of carbonyl (C=O) groups is 1. The number of nitrogens with zero attached hydrogens (tertiary/aromatic N) is 1. The number of likely N-dealkylation sites (tertiary alicyclic amines) is 1. The Balaban J connectivity index is 2.52. The molecule has 0 aromatic carbocycles. The van der Waals surface area contributed by atoms with E-state index >= 15 is 0 Å². The lowest BCUT2D eigenvalue weighted by Gasteiger charge is -2.28. The Hall–Kier alpha value is -0.580. The maximum atomic E-state index is 12.0. The summed E-state index contributed by atoms with van der Waals surface area (Å²) in [5.41, 5.74) is 0. The Morgan fingerprint density at radius 3 is 2.69 bits per heavy atom. The van der Waals surface area contributed by atoms with Gasteiger partial charge in [-0.3, -0.25) is 4.79 Å². The summed E-state index contributed by atoms with van der Waals surface area (Å²) in [6, 6.07) is 0. The third-order valence-electron chi connectivity index (χ3n) is 2.21. The second-order valence-electron chi connectivity index (χ2n) is 3.49. The van der Waals surface area contributed by atoms with Crippen LogP contribution in [0.3, 0.4) is 0 Å². The van der Waals surface area contributed by atoms with Crippen molar-refractivity contribution >= 4 is 5.78 Å². The van der Waals surface area contributed by atoms with Crippen molar-refractivity contribution in [1.29, 1.82) is 0 Å². The lowest BCUT2D eigenvalue weighted by Crippen LogP contribution is -2.40. The third kappa shape index (κ3) is 3.34. The lowest BCUT2D eigenvalue weighted by molar-refractivity contribution is -0.156. The molecule has 1 aliphatic rings. The van der Waals surface area contributed by atoms with E-state index in [-0.39, 0.29) is 18.7 Å². The topological polar surface area (TPSA) is 20.3 Å². The van der Waals surface area contributed by atoms with E-state index in [1.54, 1.807) is 11.9 Å². The second-order valence-corrected chi connectivity index (χ2v) is 3.49. The molecule has 1 rings (SSSR count). The van der Waals surface area contributed by atoms with Gasteiger partial charge < -0.3 is 4.90 Å². The van der Waals surface area contributed by atoms with Gasteiger partial charge in [0.25, 0.3) is 0 Å². The molecule has 0 aliphatic carbocycles. The van der Waals surface area contributed by atoms with Crippen LogP contribution in [0.15, 0.2) is 0 Å². The first-order valence-electron chi connectivity index (χ1n) is 4.16. The van der Waals surface area contributed by atoms with E-state index in [0.29, 0.717) is 6.54 Å². The molecule has 76 valence electrons. The first-order valence-corrected chi connectivity index (χ1v) is 4.16. The van der Waals surface area contributed by atoms with Crippen LogP contribution in [0, 0.1) is 5.92 Å². The van der Waals surface area contributed by atoms with Crippen molar-refractivity contribution in [3.05, 3.63) is 0 Å². The van der Waals surface area contributed by atoms with Gasteiger partial charge in [-0.2, -0.15) is 13.2 Å². The summed E-state index contributed by atoms with van der Waals surface area (Å²) in [5.74, 6) is -1.10. The minimum Gasteiger partial charge on any atom is -0.305 e. The molecule has 13 heavy (non-hydrogen) atoms. The normalized spacial score (nSPS) is 26.5. The van der Waals surface area contributed by atoms with Gasteiger partial charge in [0.2, 0.25) is 0 Å². The predicted molar refractivity (Wildman–Crippen MR) is 41.3 cm³/mol. The molecule has 1 fully saturated rings. The molecule has 0 aromatic heterocycles. The summed E-state index contributed by atoms with van der Waals surface area (Å²) < 4.78 is 35.9. The van der Waals surface area contributed by atoms with Gasteiger partial charge in [-0.1, -0.05) is 0 Å². The van der Waals surface area contributed by atoms with Crippen molar-refractivity contribution in [3.8, 4) is 0 Å². The fraction of sp³-hybridized carbons (Fsp3) is 0.875. The molecule has 1 atom stereocenters. The minimum atomic E-state index is -4.22. The zero-order valence-electron chi connectivity index (χ0n) is 7.40. The first kappa shape index (κ1) is 10.5. The van der Waals surface area contributed by atoms with Crippen molar-refractivity contribution in [1.82, 2.24) is 4.90 Å². The number of ketones is 1. The highest BCUT2D eigenvalue weighted by molar-refractivity contribution is 5.82. The van der Waals surface area contributed by atoms with Crippen LogP contribution < -0.4 is 0 Å². The van der Waals surface area contributed by atoms with Gasteiger partial charge in [0, 0.05) is 25.4 Å². The third-order valence-corrected chi connectivity index (χ3v) is 2.21. The van der Waals surface area contributed by atoms with Crippen LogP contribution in [-0.4, -0.2) is 37.0 Å². The Labute approximate surface area is 74.7 Å². The van der Waals surface area contributed by atoms with E-state index in [9.17, 15) is 18.0 Å². The van der Waals surface area contributed by atoms with Crippen LogP contribution in [0.4, 0.5) is 13.2 Å². The van der Waals surface area contributed by atoms with E-state index in [0.717, 1.165) is 0 Å². The van der Waals surface area contributed by atoms with Crippen LogP contribution >= 0.6 is 0 Å². The summed E-state index contributed by atoms with van der Waals surface area (Å²) in [7, 11) is 1.73. The number of hydrogen-bond donors (Lipinski definition) is 0. The highest BCUT2D eigenvalue weighted by Crippen LogP contribution is 2.27. The predicted octanol–water partition coefficient (Wildman–Crippen LogP) is 1.46. The number of hydrogen-bond acceptors (Lipinski definition) is 2. The molecule has 0 radical (unpaired) electrons. The molecule has 1 saturated heterocycles. The van der Waals surface area contributed by atoms with Gasteiger partial charge in [-0.25, -0.2) is 0 Å². The number of alkyl halides is 3. The molecule has 2 nitrogen and oxygen atoms in total. The molecule has 0 spiro atoms. The summed E-state index contributed by atoms with van der Waals surface area (Å²) in [5, 5.41) is 0. The molecule has 0 N–H and O–H groups in total. The van der Waals surface area contributed by atoms with Gasteiger partial charge in [0.1, 0.15) is 5.78 Å². The average Bonchev–Trinajstić information content (AvgIpc) is 1.94. The summed E-state index contributed by atoms with van der Waals surface area (Å²) in [6.07, 6.45) is -4.95. The molecule has 1 unspecified atom stereocenters. The van der Waals surface area contributed by atoms with E-state index < -0.39 is 18.5 Å². The summed E-state index contributed by atoms with van der Waals surface area (Å²) in [6.45, 7) is 0.811. The van der Waals surface area contributed by atoms with Crippen LogP contribution in [0.1, 0.15) is 12.8 Å². The average molecular weight is 195 g/mol. The molecular weight excluding hydrogens is 183 g/mol. The van der Waals surface area contributed by atoms with Crippen molar-refractivity contribution in [2.75, 3.05) is 20.1 Å². The van der Waals surface area contributed by atoms with Crippen LogP contribution in [0.2, 0.25) is 0 Å². The second kappa shape index (κ2) is 3.65. The maximum Gasteiger partial charge on any atom is 0.389 e. The fourth-order valence-corrected chi connectivity index (χ4v) is 1.53. The highest BCUT2D eigenvalue weighted by Gasteiger charge is 2.37. The van der Waals surface area contributed by atoms with Crippen LogP contribution in [0.5, 0.6) is 0 Å². The van der Waals surface area contributed by atoms with Gasteiger partial charge in [-0.15, -0.1) is 0 Å². The largest absolute Gasteiger partial charge is 0.389 e. The zero-order chi connectivity index (χ0) is 10.1. The maximum absolute atomic E-state index is 12.0. The Bertz CT molecular complexity index is 202. The van der Waals surface area contributed by atoms with Crippen molar-refractivity contribution in [3.63, 3.8) is 0 Å². The lowest BCUT2D eigenvalue weighted by atomic mass is 9.93. The molecule has 5 heteroatoms. The molecule has 1 heterocycles. The monoisotopic (exact) mass is 195 g/mol. The number of Topliss-reactive ketones (excluding diaryl/α,β-unsaturated/α-hetero) is 1. The standard InChI is InChI=1S/C8H12F3NO/c1-12-3-2-7(13)6(5-12)4-8(9,10)11/h6H,2-5H2,1H3. The molecule has 0 aromatic rings. The molecule has 1 aliphatic heterocycles. The SMILES string of the molecule is CN1CCC(=O)C(CC(F)(F)F)C1. The molecule has 0 saturated carbocycles. The van der Waals surface area contributed by atoms with Gasteiger partial charge in [0.15, 0.2) is 0 Å². The van der Waals surface area contributed by atoms with E-state index in [4.69, 9.17) is 0 Å². The van der Waals surface area contributed by atoms with Gasteiger partial charge in [-0.05, 0) is 7.05 Å². The number of carbonyl (C=O) groups excluding carboxylic acids is 1. The van der Waals surface area contributed by atoms with Crippen LogP contribution in [-0.2, 0) is 4.79 Å². The van der Waals surface area contributed by atoms with Gasteiger partial charge in [0.05, 0.1) is 6.42 Å². The summed E-state index contributed by atoms with van der Waals surface area (Å²) >= 11 is 0. The Morgan fingerprint density at radius 1 is 1.54 bits per heavy atom. The van der Waals surface area contributed by atoms with Gasteiger partial charge >= 0.3 is 6.18 Å². The number of piperidine rings is 1. The highest BCUT2D eigenvalue weighted by atomic mass is 19.4. The smallest absolute Gasteiger partial charge is 0.305 e. The Morgan fingerprint density at radius 2 is 2.15 bits per heavy atom. The minimum absolute atomic E-state index is 0.234. The van der Waals surface area contributed by atoms with E-state index in [1.807, 2.05) is 0 Å². The zero-order valence-corrected chi connectivity index (χ0v) is 7.40. The van der Waals surface area contributed by atoms with Crippen molar-refractivity contribution < 1.29 is 18.0 Å². The molecular formula is C8H12F3NO. The van der Waals surface area contributed by atoms with Crippen LogP contribution in [0.25, 0.3) is 0 Å². The molecule has 0 amide bonds. The quantitative estimate of drug-likeness (QED) is 0.631. The Kier molecular flexibility index (Phi) is 2.95. The first-order chi connectivity index (χ1) is 5.88.